The number of hydrogen-bond acceptors (Lipinski definition) is 4. The molecule has 130 valence electrons. The van der Waals surface area contributed by atoms with Crippen LogP contribution in [0.3, 0.4) is 0 Å². The van der Waals surface area contributed by atoms with Crippen molar-refractivity contribution in [1.82, 2.24) is 10.2 Å². The van der Waals surface area contributed by atoms with Crippen molar-refractivity contribution in [3.05, 3.63) is 35.9 Å². The lowest BCUT2D eigenvalue weighted by molar-refractivity contribution is -0.145. The summed E-state index contributed by atoms with van der Waals surface area (Å²) in [7, 11) is 0. The molecule has 1 aromatic rings. The molecule has 0 bridgehead atoms. The summed E-state index contributed by atoms with van der Waals surface area (Å²) in [4.78, 5) is 39.0. The molecular formula is C18H25N3O3. The van der Waals surface area contributed by atoms with Gasteiger partial charge >= 0.3 is 6.03 Å². The van der Waals surface area contributed by atoms with E-state index in [1.54, 1.807) is 31.2 Å². The lowest BCUT2D eigenvalue weighted by Gasteiger charge is -2.40. The van der Waals surface area contributed by atoms with E-state index in [4.69, 9.17) is 5.73 Å². The number of rotatable bonds is 6. The topological polar surface area (TPSA) is 92.5 Å². The molecule has 1 heterocycles. The second-order valence-electron chi connectivity index (χ2n) is 6.35. The van der Waals surface area contributed by atoms with Crippen molar-refractivity contribution in [3.63, 3.8) is 0 Å². The van der Waals surface area contributed by atoms with Gasteiger partial charge in [0.25, 0.3) is 5.91 Å². The van der Waals surface area contributed by atoms with Crippen molar-refractivity contribution < 1.29 is 14.4 Å². The molecule has 0 saturated carbocycles. The third kappa shape index (κ3) is 2.94. The van der Waals surface area contributed by atoms with E-state index in [0.29, 0.717) is 5.56 Å². The highest BCUT2D eigenvalue weighted by atomic mass is 16.2. The van der Waals surface area contributed by atoms with E-state index in [-0.39, 0.29) is 24.9 Å². The largest absolute Gasteiger partial charge is 0.330 e. The SMILES string of the molecule is CCC(C)C(N)CN1C(=O)NC(=O)C(CC)(c2ccccc2)C1=O. The Morgan fingerprint density at radius 3 is 2.33 bits per heavy atom. The number of urea groups is 1. The molecule has 3 atom stereocenters. The summed E-state index contributed by atoms with van der Waals surface area (Å²) in [5, 5.41) is 2.33. The van der Waals surface area contributed by atoms with Gasteiger partial charge in [0.15, 0.2) is 5.41 Å². The number of imide groups is 2. The quantitative estimate of drug-likeness (QED) is 0.777. The van der Waals surface area contributed by atoms with Gasteiger partial charge in [0, 0.05) is 12.6 Å². The molecule has 0 aliphatic carbocycles. The zero-order valence-corrected chi connectivity index (χ0v) is 14.4. The molecule has 1 fully saturated rings. The predicted octanol–water partition coefficient (Wildman–Crippen LogP) is 1.79. The Labute approximate surface area is 142 Å². The van der Waals surface area contributed by atoms with E-state index in [0.717, 1.165) is 11.3 Å². The molecule has 0 spiro atoms. The number of nitrogens with one attached hydrogen (secondary N) is 1. The number of nitrogens with two attached hydrogens (primary N) is 1. The van der Waals surface area contributed by atoms with Crippen LogP contribution in [0.25, 0.3) is 0 Å². The normalized spacial score (nSPS) is 23.8. The van der Waals surface area contributed by atoms with Gasteiger partial charge in [0.1, 0.15) is 0 Å². The van der Waals surface area contributed by atoms with Crippen molar-refractivity contribution in [2.75, 3.05) is 6.54 Å². The first kappa shape index (κ1) is 18.1. The van der Waals surface area contributed by atoms with Gasteiger partial charge in [0.05, 0.1) is 0 Å². The highest BCUT2D eigenvalue weighted by molar-refractivity contribution is 6.22. The minimum atomic E-state index is -1.38. The summed E-state index contributed by atoms with van der Waals surface area (Å²) >= 11 is 0. The van der Waals surface area contributed by atoms with E-state index in [1.165, 1.54) is 0 Å². The standard InChI is InChI=1S/C18H25N3O3/c1-4-12(3)14(19)11-21-16(23)18(5-2,15(22)20-17(21)24)13-9-7-6-8-10-13/h6-10,12,14H,4-5,11,19H2,1-3H3,(H,20,22,24). The Morgan fingerprint density at radius 1 is 1.17 bits per heavy atom. The number of hydrogen-bond donors (Lipinski definition) is 2. The fourth-order valence-corrected chi connectivity index (χ4v) is 3.04. The monoisotopic (exact) mass is 331 g/mol. The van der Waals surface area contributed by atoms with Crippen molar-refractivity contribution in [2.24, 2.45) is 11.7 Å². The second kappa shape index (κ2) is 7.13. The van der Waals surface area contributed by atoms with Gasteiger partial charge in [-0.15, -0.1) is 0 Å². The molecule has 6 nitrogen and oxygen atoms in total. The Bertz CT molecular complexity index is 632. The summed E-state index contributed by atoms with van der Waals surface area (Å²) < 4.78 is 0. The fourth-order valence-electron chi connectivity index (χ4n) is 3.04. The Balaban J connectivity index is 2.40. The van der Waals surface area contributed by atoms with Crippen LogP contribution in [0.15, 0.2) is 30.3 Å². The number of carbonyl (C=O) groups excluding carboxylic acids is 3. The Morgan fingerprint density at radius 2 is 1.79 bits per heavy atom. The zero-order chi connectivity index (χ0) is 17.9. The van der Waals surface area contributed by atoms with Gasteiger partial charge in [-0.1, -0.05) is 57.5 Å². The molecule has 4 amide bonds. The van der Waals surface area contributed by atoms with Crippen LogP contribution in [-0.4, -0.2) is 35.3 Å². The number of benzene rings is 1. The maximum atomic E-state index is 13.1. The molecule has 24 heavy (non-hydrogen) atoms. The average molecular weight is 331 g/mol. The van der Waals surface area contributed by atoms with Crippen molar-refractivity contribution in [2.45, 2.75) is 45.1 Å². The highest BCUT2D eigenvalue weighted by Gasteiger charge is 2.54. The van der Waals surface area contributed by atoms with E-state index in [1.807, 2.05) is 19.9 Å². The molecule has 2 rings (SSSR count). The van der Waals surface area contributed by atoms with Gasteiger partial charge in [0.2, 0.25) is 5.91 Å². The smallest absolute Gasteiger partial charge is 0.326 e. The minimum absolute atomic E-state index is 0.0987. The maximum absolute atomic E-state index is 13.1. The van der Waals surface area contributed by atoms with Crippen LogP contribution in [-0.2, 0) is 15.0 Å². The first-order valence-electron chi connectivity index (χ1n) is 8.36. The Kier molecular flexibility index (Phi) is 5.39. The number of nitrogens with zero attached hydrogens (tertiary/aromatic N) is 1. The maximum Gasteiger partial charge on any atom is 0.330 e. The number of barbiturate groups is 1. The summed E-state index contributed by atoms with van der Waals surface area (Å²) in [5.41, 5.74) is 5.33. The fraction of sp³-hybridized carbons (Fsp3) is 0.500. The molecule has 6 heteroatoms. The predicted molar refractivity (Wildman–Crippen MR) is 91.1 cm³/mol. The van der Waals surface area contributed by atoms with Gasteiger partial charge in [-0.3, -0.25) is 19.8 Å². The molecule has 1 saturated heterocycles. The van der Waals surface area contributed by atoms with Gasteiger partial charge in [-0.2, -0.15) is 0 Å². The first-order valence-corrected chi connectivity index (χ1v) is 8.36. The zero-order valence-electron chi connectivity index (χ0n) is 14.4. The van der Waals surface area contributed by atoms with Crippen LogP contribution >= 0.6 is 0 Å². The first-order chi connectivity index (χ1) is 11.4. The molecule has 3 unspecified atom stereocenters. The molecule has 1 aliphatic heterocycles. The third-order valence-corrected chi connectivity index (χ3v) is 5.03. The van der Waals surface area contributed by atoms with Crippen LogP contribution in [0.5, 0.6) is 0 Å². The van der Waals surface area contributed by atoms with E-state index in [9.17, 15) is 14.4 Å². The van der Waals surface area contributed by atoms with E-state index >= 15 is 0 Å². The van der Waals surface area contributed by atoms with Gasteiger partial charge in [-0.05, 0) is 17.9 Å². The van der Waals surface area contributed by atoms with Gasteiger partial charge < -0.3 is 5.73 Å². The molecular weight excluding hydrogens is 306 g/mol. The average Bonchev–Trinajstić information content (AvgIpc) is 2.59. The van der Waals surface area contributed by atoms with E-state index < -0.39 is 23.3 Å². The summed E-state index contributed by atoms with van der Waals surface area (Å²) in [6.07, 6.45) is 1.12. The van der Waals surface area contributed by atoms with Crippen LogP contribution < -0.4 is 11.1 Å². The van der Waals surface area contributed by atoms with Crippen LogP contribution in [0.1, 0.15) is 39.2 Å². The lowest BCUT2D eigenvalue weighted by Crippen LogP contribution is -2.67. The second-order valence-corrected chi connectivity index (χ2v) is 6.35. The summed E-state index contributed by atoms with van der Waals surface area (Å²) in [5.74, 6) is -0.903. The van der Waals surface area contributed by atoms with Crippen molar-refractivity contribution in [3.8, 4) is 0 Å². The van der Waals surface area contributed by atoms with Crippen molar-refractivity contribution in [1.29, 1.82) is 0 Å². The minimum Gasteiger partial charge on any atom is -0.326 e. The van der Waals surface area contributed by atoms with E-state index in [2.05, 4.69) is 5.32 Å². The molecule has 0 radical (unpaired) electrons. The number of carbonyl (C=O) groups is 3. The Hall–Kier alpha value is -2.21. The summed E-state index contributed by atoms with van der Waals surface area (Å²) in [6.45, 7) is 5.85. The van der Waals surface area contributed by atoms with Crippen molar-refractivity contribution >= 4 is 17.8 Å². The molecule has 3 N–H and O–H groups in total. The van der Waals surface area contributed by atoms with Crippen LogP contribution in [0, 0.1) is 5.92 Å². The highest BCUT2D eigenvalue weighted by Crippen LogP contribution is 2.33. The lowest BCUT2D eigenvalue weighted by atomic mass is 9.74. The van der Waals surface area contributed by atoms with Crippen LogP contribution in [0.4, 0.5) is 4.79 Å². The molecule has 0 aromatic heterocycles. The molecule has 1 aromatic carbocycles. The molecule has 1 aliphatic rings. The third-order valence-electron chi connectivity index (χ3n) is 5.03. The van der Waals surface area contributed by atoms with Crippen LogP contribution in [0.2, 0.25) is 0 Å². The summed E-state index contributed by atoms with van der Waals surface area (Å²) in [6, 6.07) is 7.83. The van der Waals surface area contributed by atoms with Gasteiger partial charge in [-0.25, -0.2) is 4.79 Å². The number of amides is 4.